The molecule has 0 saturated heterocycles. The van der Waals surface area contributed by atoms with Crippen LogP contribution < -0.4 is 11.1 Å². The number of aromatic nitrogens is 2. The van der Waals surface area contributed by atoms with Crippen molar-refractivity contribution in [2.75, 3.05) is 5.32 Å². The Labute approximate surface area is 166 Å². The number of hydrogen-bond acceptors (Lipinski definition) is 4. The topological polar surface area (TPSA) is 85.3 Å². The number of allylic oxidation sites excluding steroid dienone is 2. The van der Waals surface area contributed by atoms with E-state index >= 15 is 0 Å². The average Bonchev–Trinajstić information content (AvgIpc) is 3.10. The molecule has 0 unspecified atom stereocenters. The summed E-state index contributed by atoms with van der Waals surface area (Å²) in [6, 6.07) is 8.49. The maximum absolute atomic E-state index is 13.0. The van der Waals surface area contributed by atoms with Crippen LogP contribution in [0.4, 0.5) is 19.0 Å². The van der Waals surface area contributed by atoms with Crippen molar-refractivity contribution >= 4 is 17.4 Å². The number of alkyl halides is 3. The number of rotatable bonds is 4. The van der Waals surface area contributed by atoms with E-state index in [4.69, 9.17) is 5.73 Å². The van der Waals surface area contributed by atoms with Gasteiger partial charge in [-0.1, -0.05) is 12.1 Å². The lowest BCUT2D eigenvalue weighted by Gasteiger charge is -2.21. The molecule has 6 nitrogen and oxygen atoms in total. The third-order valence-corrected chi connectivity index (χ3v) is 4.67. The molecule has 0 radical (unpaired) electrons. The second kappa shape index (κ2) is 8.50. The van der Waals surface area contributed by atoms with Gasteiger partial charge in [0.2, 0.25) is 0 Å². The first-order valence-electron chi connectivity index (χ1n) is 9.23. The molecule has 2 aromatic rings. The lowest BCUT2D eigenvalue weighted by Crippen LogP contribution is -2.26. The maximum Gasteiger partial charge on any atom is 0.431 e. The highest BCUT2D eigenvalue weighted by Gasteiger charge is 2.35. The predicted octanol–water partition coefficient (Wildman–Crippen LogP) is 3.96. The SMILES string of the molecule is Cn1ccc(NC(=O)c2cccc(CN=C3CCCCC3=C(N)C(F)(F)F)c2)n1. The molecular formula is C20H22F3N5O. The van der Waals surface area contributed by atoms with Gasteiger partial charge in [0.15, 0.2) is 5.82 Å². The van der Waals surface area contributed by atoms with Crippen molar-refractivity contribution in [1.29, 1.82) is 0 Å². The van der Waals surface area contributed by atoms with Gasteiger partial charge < -0.3 is 11.1 Å². The number of carbonyl (C=O) groups is 1. The van der Waals surface area contributed by atoms with Gasteiger partial charge in [-0.05, 0) is 43.4 Å². The monoisotopic (exact) mass is 405 g/mol. The van der Waals surface area contributed by atoms with Crippen LogP contribution >= 0.6 is 0 Å². The number of anilines is 1. The first kappa shape index (κ1) is 20.6. The molecule has 0 atom stereocenters. The number of halogens is 3. The Morgan fingerprint density at radius 2 is 2.03 bits per heavy atom. The van der Waals surface area contributed by atoms with Gasteiger partial charge >= 0.3 is 6.18 Å². The van der Waals surface area contributed by atoms with E-state index in [0.29, 0.717) is 29.9 Å². The first-order chi connectivity index (χ1) is 13.7. The Bertz CT molecular complexity index is 959. The number of nitrogens with one attached hydrogen (secondary N) is 1. The normalized spacial score (nSPS) is 18.0. The van der Waals surface area contributed by atoms with Crippen molar-refractivity contribution in [2.24, 2.45) is 17.8 Å². The number of amides is 1. The highest BCUT2D eigenvalue weighted by molar-refractivity contribution is 6.04. The van der Waals surface area contributed by atoms with Gasteiger partial charge in [-0.15, -0.1) is 0 Å². The van der Waals surface area contributed by atoms with Crippen LogP contribution in [0.5, 0.6) is 0 Å². The zero-order valence-electron chi connectivity index (χ0n) is 16.0. The third kappa shape index (κ3) is 5.24. The van der Waals surface area contributed by atoms with Crippen LogP contribution in [0.25, 0.3) is 0 Å². The number of nitrogens with two attached hydrogens (primary N) is 1. The van der Waals surface area contributed by atoms with Crippen LogP contribution in [0.2, 0.25) is 0 Å². The molecule has 9 heteroatoms. The van der Waals surface area contributed by atoms with E-state index in [1.54, 1.807) is 48.3 Å². The Balaban J connectivity index is 1.76. The largest absolute Gasteiger partial charge is 0.431 e. The summed E-state index contributed by atoms with van der Waals surface area (Å²) in [5.41, 5.74) is 5.91. The number of aliphatic imine (C=N–C) groups is 1. The van der Waals surface area contributed by atoms with Crippen LogP contribution in [0, 0.1) is 0 Å². The van der Waals surface area contributed by atoms with E-state index in [1.165, 1.54) is 0 Å². The number of benzene rings is 1. The standard InChI is InChI=1S/C20H22F3N5O/c1-28-10-9-17(27-28)26-19(29)14-6-4-5-13(11-14)12-25-16-8-3-2-7-15(16)18(24)20(21,22)23/h4-6,9-11H,2-3,7-8,12,24H2,1H3,(H,26,27,29). The quantitative estimate of drug-likeness (QED) is 0.807. The zero-order chi connectivity index (χ0) is 21.0. The molecule has 1 amide bonds. The van der Waals surface area contributed by atoms with E-state index < -0.39 is 11.9 Å². The summed E-state index contributed by atoms with van der Waals surface area (Å²) in [4.78, 5) is 16.8. The van der Waals surface area contributed by atoms with Crippen molar-refractivity contribution in [1.82, 2.24) is 9.78 Å². The summed E-state index contributed by atoms with van der Waals surface area (Å²) in [7, 11) is 1.74. The molecule has 0 bridgehead atoms. The third-order valence-electron chi connectivity index (χ3n) is 4.67. The van der Waals surface area contributed by atoms with Crippen molar-refractivity contribution in [3.63, 3.8) is 0 Å². The fourth-order valence-corrected chi connectivity index (χ4v) is 3.19. The number of carbonyl (C=O) groups excluding carboxylic acids is 1. The van der Waals surface area contributed by atoms with E-state index in [-0.39, 0.29) is 24.4 Å². The summed E-state index contributed by atoms with van der Waals surface area (Å²) >= 11 is 0. The second-order valence-corrected chi connectivity index (χ2v) is 6.89. The maximum atomic E-state index is 13.0. The minimum Gasteiger partial charge on any atom is -0.394 e. The lowest BCUT2D eigenvalue weighted by atomic mass is 9.91. The van der Waals surface area contributed by atoms with Crippen LogP contribution in [0.3, 0.4) is 0 Å². The molecule has 1 heterocycles. The minimum absolute atomic E-state index is 0.0906. The summed E-state index contributed by atoms with van der Waals surface area (Å²) in [5, 5.41) is 6.79. The van der Waals surface area contributed by atoms with E-state index in [0.717, 1.165) is 12.0 Å². The summed E-state index contributed by atoms with van der Waals surface area (Å²) < 4.78 is 40.6. The molecule has 1 fully saturated rings. The Hall–Kier alpha value is -3.10. The predicted molar refractivity (Wildman–Crippen MR) is 104 cm³/mol. The van der Waals surface area contributed by atoms with Gasteiger partial charge in [-0.25, -0.2) is 0 Å². The average molecular weight is 405 g/mol. The first-order valence-corrected chi connectivity index (χ1v) is 9.23. The minimum atomic E-state index is -4.56. The van der Waals surface area contributed by atoms with Crippen LogP contribution in [-0.4, -0.2) is 27.6 Å². The highest BCUT2D eigenvalue weighted by Crippen LogP contribution is 2.31. The van der Waals surface area contributed by atoms with Gasteiger partial charge in [-0.3, -0.25) is 14.5 Å². The highest BCUT2D eigenvalue weighted by atomic mass is 19.4. The van der Waals surface area contributed by atoms with Crippen molar-refractivity contribution < 1.29 is 18.0 Å². The Morgan fingerprint density at radius 3 is 2.72 bits per heavy atom. The summed E-state index contributed by atoms with van der Waals surface area (Å²) in [6.45, 7) is 0.175. The number of aryl methyl sites for hydroxylation is 1. The smallest absolute Gasteiger partial charge is 0.394 e. The molecule has 29 heavy (non-hydrogen) atoms. The fourth-order valence-electron chi connectivity index (χ4n) is 3.19. The van der Waals surface area contributed by atoms with Crippen molar-refractivity contribution in [3.8, 4) is 0 Å². The van der Waals surface area contributed by atoms with Crippen LogP contribution in [0.1, 0.15) is 41.6 Å². The molecule has 0 spiro atoms. The van der Waals surface area contributed by atoms with Gasteiger partial charge in [0.1, 0.15) is 5.70 Å². The van der Waals surface area contributed by atoms with Gasteiger partial charge in [0.25, 0.3) is 5.91 Å². The summed E-state index contributed by atoms with van der Waals surface area (Å²) in [5.74, 6) is 0.112. The van der Waals surface area contributed by atoms with Crippen molar-refractivity contribution in [3.05, 3.63) is 58.9 Å². The Morgan fingerprint density at radius 1 is 1.28 bits per heavy atom. The molecule has 1 aromatic heterocycles. The molecular weight excluding hydrogens is 383 g/mol. The van der Waals surface area contributed by atoms with Gasteiger partial charge in [0, 0.05) is 36.2 Å². The molecule has 1 aliphatic rings. The van der Waals surface area contributed by atoms with Crippen molar-refractivity contribution in [2.45, 2.75) is 38.4 Å². The molecule has 3 rings (SSSR count). The number of nitrogens with zero attached hydrogens (tertiary/aromatic N) is 3. The van der Waals surface area contributed by atoms with E-state index in [2.05, 4.69) is 15.4 Å². The number of hydrogen-bond donors (Lipinski definition) is 2. The zero-order valence-corrected chi connectivity index (χ0v) is 16.0. The van der Waals surface area contributed by atoms with Gasteiger partial charge in [0.05, 0.1) is 6.54 Å². The molecule has 3 N–H and O–H groups in total. The molecule has 1 aliphatic carbocycles. The molecule has 1 aromatic carbocycles. The Kier molecular flexibility index (Phi) is 6.05. The fraction of sp³-hybridized carbons (Fsp3) is 0.350. The molecule has 0 aliphatic heterocycles. The summed E-state index contributed by atoms with van der Waals surface area (Å²) in [6.07, 6.45) is -0.669. The molecule has 1 saturated carbocycles. The van der Waals surface area contributed by atoms with E-state index in [1.807, 2.05) is 0 Å². The lowest BCUT2D eigenvalue weighted by molar-refractivity contribution is -0.0933. The second-order valence-electron chi connectivity index (χ2n) is 6.89. The molecule has 154 valence electrons. The van der Waals surface area contributed by atoms with Gasteiger partial charge in [-0.2, -0.15) is 18.3 Å². The van der Waals surface area contributed by atoms with Crippen LogP contribution in [-0.2, 0) is 13.6 Å². The van der Waals surface area contributed by atoms with Crippen LogP contribution in [0.15, 0.2) is 52.8 Å². The van der Waals surface area contributed by atoms with E-state index in [9.17, 15) is 18.0 Å².